The summed E-state index contributed by atoms with van der Waals surface area (Å²) in [6, 6.07) is 11.5. The molecule has 2 aromatic rings. The number of carbonyl (C=O) groups excluding carboxylic acids is 1. The topological polar surface area (TPSA) is 88.4 Å². The maximum absolute atomic E-state index is 12.4. The van der Waals surface area contributed by atoms with Crippen LogP contribution in [0.3, 0.4) is 0 Å². The first-order chi connectivity index (χ1) is 18.6. The van der Waals surface area contributed by atoms with Gasteiger partial charge in [0.05, 0.1) is 25.3 Å². The molecule has 0 saturated heterocycles. The van der Waals surface area contributed by atoms with E-state index in [9.17, 15) is 9.90 Å². The Bertz CT molecular complexity index is 926. The third-order valence-electron chi connectivity index (χ3n) is 6.53. The van der Waals surface area contributed by atoms with E-state index in [1.54, 1.807) is 36.4 Å². The summed E-state index contributed by atoms with van der Waals surface area (Å²) in [7, 11) is 0. The lowest BCUT2D eigenvalue weighted by Gasteiger charge is -2.08. The first-order valence-electron chi connectivity index (χ1n) is 14.5. The van der Waals surface area contributed by atoms with Gasteiger partial charge in [-0.15, -0.1) is 0 Å². The van der Waals surface area contributed by atoms with Gasteiger partial charge in [-0.05, 0) is 42.8 Å². The molecule has 0 spiro atoms. The molecular weight excluding hydrogens is 478 g/mol. The summed E-state index contributed by atoms with van der Waals surface area (Å²) in [6.07, 6.45) is 20.1. The number of aliphatic hydroxyl groups is 1. The normalized spacial score (nSPS) is 11.2. The lowest BCUT2D eigenvalue weighted by molar-refractivity contribution is 0.0734. The van der Waals surface area contributed by atoms with Crippen molar-refractivity contribution in [1.82, 2.24) is 0 Å². The summed E-state index contributed by atoms with van der Waals surface area (Å²) >= 11 is 0. The monoisotopic (exact) mass is 525 g/mol. The van der Waals surface area contributed by atoms with E-state index in [4.69, 9.17) is 14.6 Å². The molecule has 0 atom stereocenters. The van der Waals surface area contributed by atoms with Crippen molar-refractivity contribution in [3.8, 4) is 17.2 Å². The number of esters is 1. The van der Waals surface area contributed by atoms with Crippen molar-refractivity contribution >= 4 is 12.2 Å². The van der Waals surface area contributed by atoms with Crippen LogP contribution in [0.4, 0.5) is 0 Å². The van der Waals surface area contributed by atoms with Crippen LogP contribution in [0.2, 0.25) is 0 Å². The van der Waals surface area contributed by atoms with E-state index < -0.39 is 5.97 Å². The zero-order valence-electron chi connectivity index (χ0n) is 23.2. The molecule has 6 heteroatoms. The van der Waals surface area contributed by atoms with Crippen LogP contribution in [0.1, 0.15) is 113 Å². The number of ether oxygens (including phenoxy) is 2. The Balaban J connectivity index is 1.54. The molecule has 6 nitrogen and oxygen atoms in total. The van der Waals surface area contributed by atoms with Gasteiger partial charge in [-0.3, -0.25) is 4.99 Å². The molecule has 0 aliphatic rings. The second-order valence-electron chi connectivity index (χ2n) is 9.84. The highest BCUT2D eigenvalue weighted by Gasteiger charge is 2.10. The number of carbonyl (C=O) groups is 1. The SMILES string of the molecule is CCCCCCCCCCCCCCCCOc1ccc(C(=O)Oc2ccc(C=NCCO)c(O)c2)cc1. The highest BCUT2D eigenvalue weighted by atomic mass is 16.5. The summed E-state index contributed by atoms with van der Waals surface area (Å²) in [5.41, 5.74) is 0.889. The number of hydrogen-bond donors (Lipinski definition) is 2. The minimum Gasteiger partial charge on any atom is -0.507 e. The summed E-state index contributed by atoms with van der Waals surface area (Å²) in [6.45, 7) is 3.14. The van der Waals surface area contributed by atoms with E-state index >= 15 is 0 Å². The quantitative estimate of drug-likeness (QED) is 0.0749. The van der Waals surface area contributed by atoms with Gasteiger partial charge >= 0.3 is 5.97 Å². The van der Waals surface area contributed by atoms with Crippen molar-refractivity contribution in [2.75, 3.05) is 19.8 Å². The van der Waals surface area contributed by atoms with Crippen LogP contribution in [0, 0.1) is 0 Å². The largest absolute Gasteiger partial charge is 0.507 e. The van der Waals surface area contributed by atoms with Gasteiger partial charge in [0.1, 0.15) is 17.2 Å². The molecule has 0 aromatic heterocycles. The van der Waals surface area contributed by atoms with Gasteiger partial charge in [0.2, 0.25) is 0 Å². The Kier molecular flexibility index (Phi) is 16.6. The zero-order valence-corrected chi connectivity index (χ0v) is 23.2. The molecule has 2 N–H and O–H groups in total. The number of phenolic OH excluding ortho intramolecular Hbond substituents is 1. The van der Waals surface area contributed by atoms with E-state index in [1.807, 2.05) is 0 Å². The van der Waals surface area contributed by atoms with Gasteiger partial charge in [-0.25, -0.2) is 4.79 Å². The third kappa shape index (κ3) is 13.6. The summed E-state index contributed by atoms with van der Waals surface area (Å²) < 4.78 is 11.2. The molecular formula is C32H47NO5. The first kappa shape index (κ1) is 31.4. The molecule has 0 aliphatic heterocycles. The highest BCUT2D eigenvalue weighted by molar-refractivity contribution is 5.91. The van der Waals surface area contributed by atoms with Gasteiger partial charge < -0.3 is 19.7 Å². The van der Waals surface area contributed by atoms with E-state index in [1.165, 1.54) is 95.8 Å². The maximum atomic E-state index is 12.4. The Morgan fingerprint density at radius 1 is 0.789 bits per heavy atom. The molecule has 0 aliphatic carbocycles. The molecule has 2 aromatic carbocycles. The Labute approximate surface area is 229 Å². The highest BCUT2D eigenvalue weighted by Crippen LogP contribution is 2.24. The lowest BCUT2D eigenvalue weighted by atomic mass is 10.0. The molecule has 2 rings (SSSR count). The third-order valence-corrected chi connectivity index (χ3v) is 6.53. The number of aromatic hydroxyl groups is 1. The van der Waals surface area contributed by atoms with Gasteiger partial charge in [0.15, 0.2) is 0 Å². The maximum Gasteiger partial charge on any atom is 0.343 e. The van der Waals surface area contributed by atoms with E-state index in [0.29, 0.717) is 17.7 Å². The minimum atomic E-state index is -0.510. The standard InChI is InChI=1S/C32H47NO5/c1-2-3-4-5-6-7-8-9-10-11-12-13-14-15-24-37-29-19-16-27(17-20-29)32(36)38-30-21-18-28(31(35)25-30)26-33-22-23-34/h16-21,25-26,34-35H,2-15,22-24H2,1H3. The Morgan fingerprint density at radius 3 is 1.89 bits per heavy atom. The lowest BCUT2D eigenvalue weighted by Crippen LogP contribution is -2.08. The van der Waals surface area contributed by atoms with Gasteiger partial charge in [-0.1, -0.05) is 90.4 Å². The fraction of sp³-hybridized carbons (Fsp3) is 0.562. The number of unbranched alkanes of at least 4 members (excludes halogenated alkanes) is 13. The smallest absolute Gasteiger partial charge is 0.343 e. The van der Waals surface area contributed by atoms with Crippen molar-refractivity contribution in [1.29, 1.82) is 0 Å². The van der Waals surface area contributed by atoms with Crippen LogP contribution in [0.5, 0.6) is 17.2 Å². The second kappa shape index (κ2) is 20.1. The molecule has 210 valence electrons. The Morgan fingerprint density at radius 2 is 1.34 bits per heavy atom. The van der Waals surface area contributed by atoms with Crippen LogP contribution in [0.25, 0.3) is 0 Å². The Hall–Kier alpha value is -2.86. The van der Waals surface area contributed by atoms with Crippen molar-refractivity contribution in [2.45, 2.75) is 96.8 Å². The molecule has 0 unspecified atom stereocenters. The van der Waals surface area contributed by atoms with Gasteiger partial charge in [0.25, 0.3) is 0 Å². The van der Waals surface area contributed by atoms with Crippen molar-refractivity contribution < 1.29 is 24.5 Å². The fourth-order valence-corrected chi connectivity index (χ4v) is 4.26. The molecule has 38 heavy (non-hydrogen) atoms. The molecule has 0 heterocycles. The predicted octanol–water partition coefficient (Wildman–Crippen LogP) is 7.88. The minimum absolute atomic E-state index is 0.0516. The van der Waals surface area contributed by atoms with Crippen LogP contribution in [0.15, 0.2) is 47.5 Å². The van der Waals surface area contributed by atoms with Crippen molar-refractivity contribution in [3.05, 3.63) is 53.6 Å². The fourth-order valence-electron chi connectivity index (χ4n) is 4.26. The molecule has 0 radical (unpaired) electrons. The van der Waals surface area contributed by atoms with Gasteiger partial charge in [0, 0.05) is 17.8 Å². The van der Waals surface area contributed by atoms with E-state index in [-0.39, 0.29) is 24.7 Å². The summed E-state index contributed by atoms with van der Waals surface area (Å²) in [5, 5.41) is 18.9. The average molecular weight is 526 g/mol. The van der Waals surface area contributed by atoms with E-state index in [2.05, 4.69) is 11.9 Å². The number of aliphatic hydroxyl groups excluding tert-OH is 1. The van der Waals surface area contributed by atoms with Crippen LogP contribution >= 0.6 is 0 Å². The number of hydrogen-bond acceptors (Lipinski definition) is 6. The van der Waals surface area contributed by atoms with Gasteiger partial charge in [-0.2, -0.15) is 0 Å². The molecule has 0 amide bonds. The number of nitrogens with zero attached hydrogens (tertiary/aromatic N) is 1. The first-order valence-corrected chi connectivity index (χ1v) is 14.5. The second-order valence-corrected chi connectivity index (χ2v) is 9.84. The molecule has 0 fully saturated rings. The zero-order chi connectivity index (χ0) is 27.3. The van der Waals surface area contributed by atoms with Crippen molar-refractivity contribution in [2.24, 2.45) is 4.99 Å². The molecule has 0 saturated carbocycles. The van der Waals surface area contributed by atoms with Crippen LogP contribution in [-0.4, -0.2) is 42.2 Å². The number of rotatable bonds is 21. The average Bonchev–Trinajstić information content (AvgIpc) is 2.92. The van der Waals surface area contributed by atoms with Crippen LogP contribution in [-0.2, 0) is 0 Å². The molecule has 0 bridgehead atoms. The van der Waals surface area contributed by atoms with Crippen LogP contribution < -0.4 is 9.47 Å². The van der Waals surface area contributed by atoms with E-state index in [0.717, 1.165) is 12.2 Å². The summed E-state index contributed by atoms with van der Waals surface area (Å²) in [5.74, 6) is 0.416. The number of aliphatic imine (C=N–C) groups is 1. The number of phenols is 1. The number of benzene rings is 2. The predicted molar refractivity (Wildman–Crippen MR) is 155 cm³/mol. The summed E-state index contributed by atoms with van der Waals surface area (Å²) in [4.78, 5) is 16.4. The van der Waals surface area contributed by atoms with Crippen molar-refractivity contribution in [3.63, 3.8) is 0 Å².